The van der Waals surface area contributed by atoms with Gasteiger partial charge in [0.05, 0.1) is 15.5 Å². The molecule has 1 amide bonds. The molecular weight excluding hydrogens is 398 g/mol. The number of sulfonamides is 1. The van der Waals surface area contributed by atoms with Crippen LogP contribution < -0.4 is 10.0 Å². The Morgan fingerprint density at radius 2 is 1.57 bits per heavy atom. The molecule has 0 radical (unpaired) electrons. The van der Waals surface area contributed by atoms with Gasteiger partial charge >= 0.3 is 0 Å². The van der Waals surface area contributed by atoms with Crippen molar-refractivity contribution >= 4 is 33.2 Å². The molecule has 0 spiro atoms. The highest BCUT2D eigenvalue weighted by Crippen LogP contribution is 2.23. The lowest BCUT2D eigenvalue weighted by atomic mass is 10.2. The number of aryl methyl sites for hydroxylation is 2. The number of nitrogens with zero attached hydrogens (tertiary/aromatic N) is 1. The molecule has 1 aromatic heterocycles. The number of amides is 1. The van der Waals surface area contributed by atoms with Crippen molar-refractivity contribution in [3.8, 4) is 5.69 Å². The number of carbonyl (C=O) groups excluding carboxylic acids is 1. The van der Waals surface area contributed by atoms with Crippen LogP contribution >= 0.6 is 11.6 Å². The van der Waals surface area contributed by atoms with E-state index in [9.17, 15) is 13.2 Å². The Kier molecular flexibility index (Phi) is 5.60. The van der Waals surface area contributed by atoms with E-state index in [1.54, 1.807) is 12.1 Å². The number of rotatable bonds is 5. The molecule has 3 aromatic rings. The summed E-state index contributed by atoms with van der Waals surface area (Å²) in [5.41, 5.74) is 3.87. The minimum absolute atomic E-state index is 0.0292. The molecule has 2 N–H and O–H groups in total. The van der Waals surface area contributed by atoms with Gasteiger partial charge in [-0.05, 0) is 75.5 Å². The van der Waals surface area contributed by atoms with E-state index in [1.165, 1.54) is 25.2 Å². The Hall–Kier alpha value is -2.61. The number of hydrogen-bond donors (Lipinski definition) is 2. The zero-order valence-corrected chi connectivity index (χ0v) is 17.2. The predicted molar refractivity (Wildman–Crippen MR) is 111 cm³/mol. The lowest BCUT2D eigenvalue weighted by molar-refractivity contribution is 0.102. The first-order chi connectivity index (χ1) is 13.2. The van der Waals surface area contributed by atoms with E-state index in [0.717, 1.165) is 17.1 Å². The Balaban J connectivity index is 1.85. The topological polar surface area (TPSA) is 80.2 Å². The van der Waals surface area contributed by atoms with Gasteiger partial charge in [0.2, 0.25) is 10.0 Å². The summed E-state index contributed by atoms with van der Waals surface area (Å²) in [5, 5.41) is 2.92. The van der Waals surface area contributed by atoms with Crippen LogP contribution in [0, 0.1) is 13.8 Å². The molecule has 1 heterocycles. The van der Waals surface area contributed by atoms with Gasteiger partial charge in [-0.2, -0.15) is 0 Å². The second kappa shape index (κ2) is 7.79. The monoisotopic (exact) mass is 417 g/mol. The summed E-state index contributed by atoms with van der Waals surface area (Å²) in [6, 6.07) is 15.5. The van der Waals surface area contributed by atoms with Crippen molar-refractivity contribution < 1.29 is 13.2 Å². The molecule has 0 bridgehead atoms. The van der Waals surface area contributed by atoms with Crippen LogP contribution in [-0.2, 0) is 10.0 Å². The van der Waals surface area contributed by atoms with E-state index < -0.39 is 15.9 Å². The Morgan fingerprint density at radius 3 is 2.14 bits per heavy atom. The predicted octanol–water partition coefficient (Wildman–Crippen LogP) is 3.91. The quantitative estimate of drug-likeness (QED) is 0.660. The standard InChI is InChI=1S/C20H20ClN3O3S/c1-13-4-5-14(2)24(13)16-8-6-15(7-9-16)23-20(25)18-12-17(10-11-19(18)21)28(26,27)22-3/h4-12,22H,1-3H3,(H,23,25). The van der Waals surface area contributed by atoms with E-state index in [4.69, 9.17) is 11.6 Å². The summed E-state index contributed by atoms with van der Waals surface area (Å²) in [7, 11) is -2.37. The number of anilines is 1. The maximum absolute atomic E-state index is 12.6. The van der Waals surface area contributed by atoms with Gasteiger partial charge in [0.1, 0.15) is 0 Å². The molecule has 8 heteroatoms. The molecule has 6 nitrogen and oxygen atoms in total. The first kappa shape index (κ1) is 20.1. The van der Waals surface area contributed by atoms with E-state index in [0.29, 0.717) is 5.69 Å². The fourth-order valence-electron chi connectivity index (χ4n) is 2.93. The summed E-state index contributed by atoms with van der Waals surface area (Å²) < 4.78 is 28.2. The van der Waals surface area contributed by atoms with Crippen molar-refractivity contribution in [3.63, 3.8) is 0 Å². The number of carbonyl (C=O) groups is 1. The van der Waals surface area contributed by atoms with Gasteiger partial charge in [-0.15, -0.1) is 0 Å². The highest BCUT2D eigenvalue weighted by atomic mass is 35.5. The van der Waals surface area contributed by atoms with Gasteiger partial charge in [0.15, 0.2) is 0 Å². The van der Waals surface area contributed by atoms with Crippen molar-refractivity contribution in [2.24, 2.45) is 0 Å². The number of hydrogen-bond acceptors (Lipinski definition) is 3. The van der Waals surface area contributed by atoms with Crippen molar-refractivity contribution in [1.29, 1.82) is 0 Å². The summed E-state index contributed by atoms with van der Waals surface area (Å²) in [4.78, 5) is 12.6. The van der Waals surface area contributed by atoms with Crippen molar-refractivity contribution in [3.05, 3.63) is 76.6 Å². The van der Waals surface area contributed by atoms with Gasteiger partial charge in [-0.25, -0.2) is 13.1 Å². The third-order valence-corrected chi connectivity index (χ3v) is 6.16. The number of aromatic nitrogens is 1. The smallest absolute Gasteiger partial charge is 0.257 e. The van der Waals surface area contributed by atoms with Crippen molar-refractivity contribution in [2.75, 3.05) is 12.4 Å². The second-order valence-electron chi connectivity index (χ2n) is 6.30. The molecule has 0 atom stereocenters. The normalized spacial score (nSPS) is 11.4. The van der Waals surface area contributed by atoms with Crippen LogP contribution in [0.3, 0.4) is 0 Å². The van der Waals surface area contributed by atoms with Crippen LogP contribution in [0.4, 0.5) is 5.69 Å². The molecule has 28 heavy (non-hydrogen) atoms. The third kappa shape index (κ3) is 3.96. The molecule has 0 fully saturated rings. The highest BCUT2D eigenvalue weighted by Gasteiger charge is 2.17. The molecule has 0 aliphatic carbocycles. The number of halogens is 1. The molecule has 146 valence electrons. The average molecular weight is 418 g/mol. The molecule has 0 saturated carbocycles. The Bertz CT molecular complexity index is 1120. The Morgan fingerprint density at radius 1 is 0.964 bits per heavy atom. The van der Waals surface area contributed by atoms with Crippen molar-refractivity contribution in [1.82, 2.24) is 9.29 Å². The van der Waals surface area contributed by atoms with Crippen LogP contribution in [0.25, 0.3) is 5.69 Å². The molecule has 0 unspecified atom stereocenters. The summed E-state index contributed by atoms with van der Waals surface area (Å²) in [5.74, 6) is -0.487. The van der Waals surface area contributed by atoms with E-state index in [-0.39, 0.29) is 15.5 Å². The Labute approximate surface area is 169 Å². The molecular formula is C20H20ClN3O3S. The minimum atomic E-state index is -3.67. The summed E-state index contributed by atoms with van der Waals surface area (Å²) >= 11 is 6.10. The van der Waals surface area contributed by atoms with Crippen molar-refractivity contribution in [2.45, 2.75) is 18.7 Å². The summed E-state index contributed by atoms with van der Waals surface area (Å²) in [6.45, 7) is 4.05. The SMILES string of the molecule is CNS(=O)(=O)c1ccc(Cl)c(C(=O)Nc2ccc(-n3c(C)ccc3C)cc2)c1. The maximum atomic E-state index is 12.6. The zero-order chi connectivity index (χ0) is 20.5. The lowest BCUT2D eigenvalue weighted by Gasteiger charge is -2.12. The van der Waals surface area contributed by atoms with Crippen LogP contribution in [-0.4, -0.2) is 25.9 Å². The molecule has 0 aliphatic heterocycles. The second-order valence-corrected chi connectivity index (χ2v) is 8.60. The molecule has 2 aromatic carbocycles. The van der Waals surface area contributed by atoms with Gasteiger partial charge in [-0.1, -0.05) is 11.6 Å². The first-order valence-corrected chi connectivity index (χ1v) is 10.4. The minimum Gasteiger partial charge on any atom is -0.322 e. The van der Waals surface area contributed by atoms with Crippen LogP contribution in [0.15, 0.2) is 59.5 Å². The van der Waals surface area contributed by atoms with Crippen LogP contribution in [0.2, 0.25) is 5.02 Å². The lowest BCUT2D eigenvalue weighted by Crippen LogP contribution is -2.20. The molecule has 3 rings (SSSR count). The number of benzene rings is 2. The van der Waals surface area contributed by atoms with Gasteiger partial charge in [0.25, 0.3) is 5.91 Å². The largest absolute Gasteiger partial charge is 0.322 e. The van der Waals surface area contributed by atoms with Crippen LogP contribution in [0.1, 0.15) is 21.7 Å². The zero-order valence-electron chi connectivity index (χ0n) is 15.7. The average Bonchev–Trinajstić information content (AvgIpc) is 3.01. The van der Waals surface area contributed by atoms with Gasteiger partial charge in [-0.3, -0.25) is 4.79 Å². The summed E-state index contributed by atoms with van der Waals surface area (Å²) in [6.07, 6.45) is 0. The van der Waals surface area contributed by atoms with E-state index >= 15 is 0 Å². The van der Waals surface area contributed by atoms with Gasteiger partial charge in [0, 0.05) is 22.8 Å². The highest BCUT2D eigenvalue weighted by molar-refractivity contribution is 7.89. The molecule has 0 aliphatic rings. The first-order valence-electron chi connectivity index (χ1n) is 8.53. The van der Waals surface area contributed by atoms with E-state index in [1.807, 2.05) is 38.1 Å². The van der Waals surface area contributed by atoms with E-state index in [2.05, 4.69) is 14.6 Å². The van der Waals surface area contributed by atoms with Crippen LogP contribution in [0.5, 0.6) is 0 Å². The fraction of sp³-hybridized carbons (Fsp3) is 0.150. The molecule has 0 saturated heterocycles. The number of nitrogens with one attached hydrogen (secondary N) is 2. The maximum Gasteiger partial charge on any atom is 0.257 e. The third-order valence-electron chi connectivity index (χ3n) is 4.42. The fourth-order valence-corrected chi connectivity index (χ4v) is 3.89. The van der Waals surface area contributed by atoms with Gasteiger partial charge < -0.3 is 9.88 Å².